The number of ether oxygens (including phenoxy) is 1. The summed E-state index contributed by atoms with van der Waals surface area (Å²) < 4.78 is 117. The van der Waals surface area contributed by atoms with Crippen LogP contribution in [0.4, 0.5) is 26.3 Å². The Morgan fingerprint density at radius 1 is 0.812 bits per heavy atom. The van der Waals surface area contributed by atoms with Gasteiger partial charge in [-0.25, -0.2) is 4.79 Å². The van der Waals surface area contributed by atoms with Crippen LogP contribution in [0, 0.1) is 0 Å². The minimum absolute atomic E-state index is 0.115. The Balaban J connectivity index is 3.95. The van der Waals surface area contributed by atoms with E-state index in [1.54, 1.807) is 31.4 Å². The fourth-order valence-corrected chi connectivity index (χ4v) is 4.93. The summed E-state index contributed by atoms with van der Waals surface area (Å²) in [5.74, 6) is -4.86. The van der Waals surface area contributed by atoms with Crippen LogP contribution in [0.15, 0.2) is 0 Å². The lowest BCUT2D eigenvalue weighted by atomic mass is 9.68. The van der Waals surface area contributed by atoms with E-state index in [9.17, 15) is 39.6 Å². The van der Waals surface area contributed by atoms with Gasteiger partial charge in [0.25, 0.3) is 10.1 Å². The van der Waals surface area contributed by atoms with E-state index in [1.807, 2.05) is 7.85 Å². The van der Waals surface area contributed by atoms with Crippen LogP contribution in [0.2, 0.25) is 0 Å². The molecule has 0 bridgehead atoms. The lowest BCUT2D eigenvalue weighted by Crippen LogP contribution is -2.63. The molecule has 0 heterocycles. The number of hydrogen-bond donors (Lipinski definition) is 1. The molecule has 174 valence electrons. The van der Waals surface area contributed by atoms with Crippen LogP contribution in [0.1, 0.15) is 32.6 Å². The lowest BCUT2D eigenvalue weighted by molar-refractivity contribution is -0.356. The Morgan fingerprint density at radius 3 is 1.53 bits per heavy atom. The van der Waals surface area contributed by atoms with Crippen LogP contribution in [-0.2, 0) is 40.1 Å². The first-order chi connectivity index (χ1) is 14.4. The lowest BCUT2D eigenvalue weighted by Gasteiger charge is -2.36. The zero-order chi connectivity index (χ0) is 25.3. The average molecular weight is 481 g/mol. The molecule has 0 aliphatic heterocycles. The minimum atomic E-state index is -6.37. The highest BCUT2D eigenvalue weighted by molar-refractivity contribution is 7.85. The summed E-state index contributed by atoms with van der Waals surface area (Å²) in [7, 11) is 2.52. The number of benzene rings is 1. The van der Waals surface area contributed by atoms with Gasteiger partial charge < -0.3 is 4.74 Å². The molecule has 17 heteroatoms. The number of esters is 1. The number of alkyl halides is 6. The van der Waals surface area contributed by atoms with Gasteiger partial charge in [0.1, 0.15) is 45.0 Å². The maximum absolute atomic E-state index is 13.6. The van der Waals surface area contributed by atoms with E-state index in [0.717, 1.165) is 5.56 Å². The first kappa shape index (κ1) is 28.5. The van der Waals surface area contributed by atoms with Crippen LogP contribution < -0.4 is 5.46 Å². The van der Waals surface area contributed by atoms with Crippen LogP contribution in [-0.4, -0.2) is 81.9 Å². The summed E-state index contributed by atoms with van der Waals surface area (Å²) in [6.07, 6.45) is -11.6. The molecule has 0 aliphatic carbocycles. The van der Waals surface area contributed by atoms with Crippen molar-refractivity contribution in [2.45, 2.75) is 43.2 Å². The maximum atomic E-state index is 13.6. The topological polar surface area (TPSA) is 80.7 Å². The monoisotopic (exact) mass is 482 g/mol. The van der Waals surface area contributed by atoms with E-state index in [2.05, 4.69) is 4.74 Å². The third-order valence-electron chi connectivity index (χ3n) is 5.42. The van der Waals surface area contributed by atoms with Gasteiger partial charge in [-0.1, -0.05) is 41.9 Å². The number of rotatable bonds is 8. The van der Waals surface area contributed by atoms with E-state index in [-0.39, 0.29) is 23.8 Å². The third-order valence-corrected chi connectivity index (χ3v) is 6.20. The molecule has 1 aromatic rings. The van der Waals surface area contributed by atoms with Crippen molar-refractivity contribution in [1.82, 2.24) is 0 Å². The molecule has 0 fully saturated rings. The normalized spacial score (nSPS) is 13.2. The minimum Gasteiger partial charge on any atom is -0.435 e. The Hall–Kier alpha value is -1.50. The molecule has 0 saturated carbocycles. The fourth-order valence-electron chi connectivity index (χ4n) is 4.03. The van der Waals surface area contributed by atoms with Crippen molar-refractivity contribution in [2.24, 2.45) is 0 Å². The molecular formula is C15H21B5F6O5S. The van der Waals surface area contributed by atoms with Gasteiger partial charge in [0.2, 0.25) is 0 Å². The van der Waals surface area contributed by atoms with E-state index in [0.29, 0.717) is 23.7 Å². The molecule has 5 nitrogen and oxygen atoms in total. The van der Waals surface area contributed by atoms with E-state index < -0.39 is 45.4 Å². The summed E-state index contributed by atoms with van der Waals surface area (Å²) in [5, 5.41) is 0. The maximum Gasteiger partial charge on any atom is 0.438 e. The van der Waals surface area contributed by atoms with E-state index in [4.69, 9.17) is 4.55 Å². The van der Waals surface area contributed by atoms with Crippen molar-refractivity contribution >= 4 is 60.8 Å². The quantitative estimate of drug-likeness (QED) is 0.191. The number of halogens is 6. The second-order valence-corrected chi connectivity index (χ2v) is 8.72. The van der Waals surface area contributed by atoms with Gasteiger partial charge in [-0.05, 0) is 11.1 Å². The number of carbonyl (C=O) groups excluding carboxylic acids is 1. The molecule has 32 heavy (non-hydrogen) atoms. The molecule has 0 radical (unpaired) electrons. The standard InChI is InChI=1S/C15H21B5F6O5S/c16-1-6-7(2-17)10(9(4-19)11(20)8(6)3-18)12(27)31-13(14(21,22)23,15(24,25)26)5-32(28,29)30/h1-5,16-20H2,(H,28,29,30). The molecule has 0 aromatic heterocycles. The van der Waals surface area contributed by atoms with Gasteiger partial charge in [0, 0.05) is 0 Å². The summed E-state index contributed by atoms with van der Waals surface area (Å²) in [5.41, 5.74) is -3.38. The van der Waals surface area contributed by atoms with Gasteiger partial charge in [-0.15, -0.1) is 0 Å². The third kappa shape index (κ3) is 5.35. The van der Waals surface area contributed by atoms with Gasteiger partial charge in [0.15, 0.2) is 0 Å². The molecule has 0 amide bonds. The second kappa shape index (κ2) is 9.78. The van der Waals surface area contributed by atoms with Crippen LogP contribution in [0.5, 0.6) is 0 Å². The summed E-state index contributed by atoms with van der Waals surface area (Å²) in [6, 6.07) is 0. The summed E-state index contributed by atoms with van der Waals surface area (Å²) in [6.45, 7) is 0. The molecule has 1 N–H and O–H groups in total. The average Bonchev–Trinajstić information content (AvgIpc) is 2.63. The fraction of sp³-hybridized carbons (Fsp3) is 0.533. The molecule has 0 aliphatic rings. The first-order valence-electron chi connectivity index (χ1n) is 9.90. The zero-order valence-corrected chi connectivity index (χ0v) is 19.1. The molecule has 1 aromatic carbocycles. The van der Waals surface area contributed by atoms with Crippen molar-refractivity contribution in [3.05, 3.63) is 27.8 Å². The highest BCUT2D eigenvalue weighted by Gasteiger charge is 2.76. The highest BCUT2D eigenvalue weighted by Crippen LogP contribution is 2.47. The second-order valence-electron chi connectivity index (χ2n) is 7.27. The summed E-state index contributed by atoms with van der Waals surface area (Å²) >= 11 is 0. The number of carbonyl (C=O) groups is 1. The first-order valence-corrected chi connectivity index (χ1v) is 11.5. The number of hydrogen-bond acceptors (Lipinski definition) is 4. The molecule has 1 rings (SSSR count). The van der Waals surface area contributed by atoms with Crippen molar-refractivity contribution in [1.29, 1.82) is 0 Å². The molecule has 0 unspecified atom stereocenters. The molecular weight excluding hydrogens is 460 g/mol. The smallest absolute Gasteiger partial charge is 0.435 e. The molecule has 0 saturated heterocycles. The summed E-state index contributed by atoms with van der Waals surface area (Å²) in [4.78, 5) is 12.9. The predicted molar refractivity (Wildman–Crippen MR) is 120 cm³/mol. The van der Waals surface area contributed by atoms with E-state index in [1.165, 1.54) is 0 Å². The SMILES string of the molecule is BCc1c(B)c(CB)c(C(=O)OC(CS(=O)(=O)O)(C(F)(F)F)C(F)(F)F)c(CB)c1CB. The van der Waals surface area contributed by atoms with Gasteiger partial charge in [-0.3, -0.25) is 4.55 Å². The van der Waals surface area contributed by atoms with Gasteiger partial charge >= 0.3 is 23.9 Å². The molecule has 0 atom stereocenters. The molecule has 0 spiro atoms. The van der Waals surface area contributed by atoms with Crippen molar-refractivity contribution in [3.63, 3.8) is 0 Å². The van der Waals surface area contributed by atoms with Crippen LogP contribution in [0.3, 0.4) is 0 Å². The Kier molecular flexibility index (Phi) is 8.72. The van der Waals surface area contributed by atoms with Crippen LogP contribution in [0.25, 0.3) is 0 Å². The van der Waals surface area contributed by atoms with Crippen molar-refractivity contribution in [3.8, 4) is 0 Å². The Bertz CT molecular complexity index is 967. The predicted octanol–water partition coefficient (Wildman–Crippen LogP) is -2.61. The van der Waals surface area contributed by atoms with Crippen molar-refractivity contribution < 1.29 is 48.8 Å². The Morgan fingerprint density at radius 2 is 1.22 bits per heavy atom. The van der Waals surface area contributed by atoms with E-state index >= 15 is 0 Å². The largest absolute Gasteiger partial charge is 0.438 e. The highest BCUT2D eigenvalue weighted by atomic mass is 32.2. The van der Waals surface area contributed by atoms with Gasteiger partial charge in [-0.2, -0.15) is 34.8 Å². The van der Waals surface area contributed by atoms with Crippen LogP contribution >= 0.6 is 0 Å². The van der Waals surface area contributed by atoms with Gasteiger partial charge in [0.05, 0.1) is 5.56 Å². The van der Waals surface area contributed by atoms with Crippen molar-refractivity contribution in [2.75, 3.05) is 5.75 Å². The zero-order valence-electron chi connectivity index (χ0n) is 18.3. The Labute approximate surface area is 186 Å².